The maximum atomic E-state index is 12.6. The summed E-state index contributed by atoms with van der Waals surface area (Å²) >= 11 is 0. The summed E-state index contributed by atoms with van der Waals surface area (Å²) in [5.41, 5.74) is 7.82. The van der Waals surface area contributed by atoms with Crippen LogP contribution < -0.4 is 5.73 Å². The van der Waals surface area contributed by atoms with Gasteiger partial charge in [0.1, 0.15) is 11.8 Å². The molecule has 0 bridgehead atoms. The molecular formula is C27H27N5O5. The molecule has 2 heterocycles. The van der Waals surface area contributed by atoms with Gasteiger partial charge in [0.05, 0.1) is 42.8 Å². The number of anilines is 1. The zero-order chi connectivity index (χ0) is 25.8. The van der Waals surface area contributed by atoms with E-state index in [2.05, 4.69) is 15.0 Å². The Balaban J connectivity index is 1.35. The maximum absolute atomic E-state index is 12.6. The van der Waals surface area contributed by atoms with Crippen molar-refractivity contribution in [3.63, 3.8) is 0 Å². The number of ether oxygens (including phenoxy) is 2. The number of hydrogen-bond donors (Lipinski definition) is 2. The van der Waals surface area contributed by atoms with E-state index in [4.69, 9.17) is 15.2 Å². The van der Waals surface area contributed by atoms with Gasteiger partial charge in [-0.3, -0.25) is 0 Å². The number of aliphatic hydroxyl groups is 1. The highest BCUT2D eigenvalue weighted by Gasteiger charge is 2.39. The summed E-state index contributed by atoms with van der Waals surface area (Å²) in [6.07, 6.45) is 2.96. The van der Waals surface area contributed by atoms with E-state index in [0.29, 0.717) is 35.1 Å². The number of benzene rings is 2. The predicted octanol–water partition coefficient (Wildman–Crippen LogP) is 3.05. The van der Waals surface area contributed by atoms with Gasteiger partial charge in [-0.05, 0) is 37.1 Å². The fourth-order valence-corrected chi connectivity index (χ4v) is 4.82. The third kappa shape index (κ3) is 5.29. The lowest BCUT2D eigenvalue weighted by Gasteiger charge is -2.39. The lowest BCUT2D eigenvalue weighted by molar-refractivity contribution is -0.0294. The molecule has 1 aliphatic carbocycles. The van der Waals surface area contributed by atoms with Crippen molar-refractivity contribution in [1.82, 2.24) is 19.5 Å². The van der Waals surface area contributed by atoms with Crippen molar-refractivity contribution in [2.75, 3.05) is 18.9 Å². The van der Waals surface area contributed by atoms with Crippen molar-refractivity contribution < 1.29 is 24.2 Å². The normalized spacial score (nSPS) is 21.4. The SMILES string of the molecule is Nc1ncnc2c1ncn2[C@@H]1C[C@H](COC(=O)c2ccccc2)[C@@H](COC(=O)c2ccccc2)C[C@H]1O. The second kappa shape index (κ2) is 10.8. The van der Waals surface area contributed by atoms with E-state index >= 15 is 0 Å². The van der Waals surface area contributed by atoms with Crippen LogP contribution in [0.1, 0.15) is 39.6 Å². The number of carbonyl (C=O) groups excluding carboxylic acids is 2. The molecule has 0 unspecified atom stereocenters. The third-order valence-corrected chi connectivity index (χ3v) is 6.82. The molecule has 37 heavy (non-hydrogen) atoms. The molecule has 0 amide bonds. The molecule has 190 valence electrons. The van der Waals surface area contributed by atoms with Crippen molar-refractivity contribution in [3.05, 3.63) is 84.4 Å². The fourth-order valence-electron chi connectivity index (χ4n) is 4.82. The molecule has 1 aliphatic rings. The van der Waals surface area contributed by atoms with Gasteiger partial charge in [-0.15, -0.1) is 0 Å². The summed E-state index contributed by atoms with van der Waals surface area (Å²) in [7, 11) is 0. The molecule has 1 saturated carbocycles. The first kappa shape index (κ1) is 24.4. The molecule has 5 rings (SSSR count). The van der Waals surface area contributed by atoms with E-state index in [1.807, 2.05) is 12.1 Å². The number of nitrogens with zero attached hydrogens (tertiary/aromatic N) is 4. The van der Waals surface area contributed by atoms with Crippen LogP contribution in [0.5, 0.6) is 0 Å². The van der Waals surface area contributed by atoms with Gasteiger partial charge in [0, 0.05) is 11.8 Å². The quantitative estimate of drug-likeness (QED) is 0.365. The molecular weight excluding hydrogens is 474 g/mol. The van der Waals surface area contributed by atoms with Crippen LogP contribution in [0.15, 0.2) is 73.3 Å². The van der Waals surface area contributed by atoms with Crippen molar-refractivity contribution in [1.29, 1.82) is 0 Å². The van der Waals surface area contributed by atoms with E-state index in [9.17, 15) is 14.7 Å². The summed E-state index contributed by atoms with van der Waals surface area (Å²) in [5.74, 6) is -1.03. The standard InChI is InChI=1S/C27H27N5O5/c28-24-23-25(30-15-29-24)32(16-31-23)21-11-19(13-36-26(34)17-7-3-1-4-8-17)20(12-22(21)33)14-37-27(35)18-9-5-2-6-10-18/h1-10,15-16,19-22,33H,11-14H2,(H2,28,29,30)/t19-,20-,21-,22-/m1/s1. The highest BCUT2D eigenvalue weighted by atomic mass is 16.5. The van der Waals surface area contributed by atoms with Gasteiger partial charge < -0.3 is 24.9 Å². The summed E-state index contributed by atoms with van der Waals surface area (Å²) in [6.45, 7) is 0.194. The Morgan fingerprint density at radius 2 is 1.43 bits per heavy atom. The molecule has 4 aromatic rings. The average Bonchev–Trinajstić information content (AvgIpc) is 3.37. The fraction of sp³-hybridized carbons (Fsp3) is 0.296. The van der Waals surface area contributed by atoms with E-state index in [1.54, 1.807) is 59.4 Å². The molecule has 4 atom stereocenters. The molecule has 10 heteroatoms. The monoisotopic (exact) mass is 501 g/mol. The molecule has 0 saturated heterocycles. The predicted molar refractivity (Wildman–Crippen MR) is 134 cm³/mol. The summed E-state index contributed by atoms with van der Waals surface area (Å²) < 4.78 is 13.1. The van der Waals surface area contributed by atoms with Crippen molar-refractivity contribution in [2.45, 2.75) is 25.0 Å². The second-order valence-electron chi connectivity index (χ2n) is 9.14. The first-order valence-corrected chi connectivity index (χ1v) is 12.1. The van der Waals surface area contributed by atoms with Gasteiger partial charge in [-0.1, -0.05) is 36.4 Å². The summed E-state index contributed by atoms with van der Waals surface area (Å²) in [4.78, 5) is 37.8. The lowest BCUT2D eigenvalue weighted by atomic mass is 9.76. The number of nitrogens with two attached hydrogens (primary N) is 1. The van der Waals surface area contributed by atoms with Gasteiger partial charge in [0.15, 0.2) is 11.5 Å². The van der Waals surface area contributed by atoms with Gasteiger partial charge in [0.25, 0.3) is 0 Å². The first-order chi connectivity index (χ1) is 18.0. The molecule has 1 fully saturated rings. The summed E-state index contributed by atoms with van der Waals surface area (Å²) in [5, 5.41) is 11.1. The Bertz CT molecular complexity index is 1380. The minimum absolute atomic E-state index is 0.0882. The summed E-state index contributed by atoms with van der Waals surface area (Å²) in [6, 6.07) is 17.1. The van der Waals surface area contributed by atoms with Crippen molar-refractivity contribution in [2.24, 2.45) is 11.8 Å². The number of aromatic nitrogens is 4. The van der Waals surface area contributed by atoms with Gasteiger partial charge >= 0.3 is 11.9 Å². The Morgan fingerprint density at radius 1 is 0.865 bits per heavy atom. The Morgan fingerprint density at radius 3 is 2.03 bits per heavy atom. The van der Waals surface area contributed by atoms with Crippen molar-refractivity contribution in [3.8, 4) is 0 Å². The Kier molecular flexibility index (Phi) is 7.09. The number of nitrogen functional groups attached to an aromatic ring is 1. The van der Waals surface area contributed by atoms with E-state index < -0.39 is 18.0 Å². The highest BCUT2D eigenvalue weighted by Crippen LogP contribution is 2.39. The van der Waals surface area contributed by atoms with Gasteiger partial charge in [0.2, 0.25) is 0 Å². The second-order valence-corrected chi connectivity index (χ2v) is 9.14. The molecule has 0 radical (unpaired) electrons. The maximum Gasteiger partial charge on any atom is 0.338 e. The van der Waals surface area contributed by atoms with Crippen molar-refractivity contribution >= 4 is 28.9 Å². The average molecular weight is 502 g/mol. The van der Waals surface area contributed by atoms with Crippen LogP contribution in [0.2, 0.25) is 0 Å². The largest absolute Gasteiger partial charge is 0.462 e. The number of carbonyl (C=O) groups is 2. The lowest BCUT2D eigenvalue weighted by Crippen LogP contribution is -2.41. The highest BCUT2D eigenvalue weighted by molar-refractivity contribution is 5.89. The molecule has 0 aliphatic heterocycles. The minimum atomic E-state index is -0.768. The number of rotatable bonds is 7. The van der Waals surface area contributed by atoms with Crippen LogP contribution in [0, 0.1) is 11.8 Å². The molecule has 10 nitrogen and oxygen atoms in total. The zero-order valence-corrected chi connectivity index (χ0v) is 20.0. The minimum Gasteiger partial charge on any atom is -0.462 e. The topological polar surface area (TPSA) is 142 Å². The van der Waals surface area contributed by atoms with Crippen LogP contribution >= 0.6 is 0 Å². The van der Waals surface area contributed by atoms with Crippen LogP contribution in [-0.2, 0) is 9.47 Å². The van der Waals surface area contributed by atoms with Crippen LogP contribution in [0.4, 0.5) is 5.82 Å². The third-order valence-electron chi connectivity index (χ3n) is 6.82. The van der Waals surface area contributed by atoms with Gasteiger partial charge in [-0.25, -0.2) is 24.5 Å². The number of imidazole rings is 1. The zero-order valence-electron chi connectivity index (χ0n) is 20.0. The molecule has 2 aromatic heterocycles. The Labute approximate surface area is 213 Å². The molecule has 2 aromatic carbocycles. The van der Waals surface area contributed by atoms with Crippen LogP contribution in [0.3, 0.4) is 0 Å². The number of fused-ring (bicyclic) bond motifs is 1. The number of hydrogen-bond acceptors (Lipinski definition) is 9. The van der Waals surface area contributed by atoms with E-state index in [-0.39, 0.29) is 36.9 Å². The van der Waals surface area contributed by atoms with E-state index in [0.717, 1.165) is 0 Å². The van der Waals surface area contributed by atoms with Crippen LogP contribution in [-0.4, -0.2) is 55.9 Å². The van der Waals surface area contributed by atoms with Gasteiger partial charge in [-0.2, -0.15) is 0 Å². The molecule has 3 N–H and O–H groups in total. The molecule has 0 spiro atoms. The number of esters is 2. The smallest absolute Gasteiger partial charge is 0.338 e. The van der Waals surface area contributed by atoms with E-state index in [1.165, 1.54) is 6.33 Å². The number of aliphatic hydroxyl groups excluding tert-OH is 1. The first-order valence-electron chi connectivity index (χ1n) is 12.1. The Hall–Kier alpha value is -4.31. The van der Waals surface area contributed by atoms with Crippen LogP contribution in [0.25, 0.3) is 11.2 Å².